The van der Waals surface area contributed by atoms with Gasteiger partial charge in [0.25, 0.3) is 0 Å². The van der Waals surface area contributed by atoms with E-state index in [2.05, 4.69) is 11.8 Å². The Balaban J connectivity index is 1.59. The first kappa shape index (κ1) is 20.5. The Morgan fingerprint density at radius 2 is 1.42 bits per heavy atom. The summed E-state index contributed by atoms with van der Waals surface area (Å²) in [6.07, 6.45) is 0. The number of hydrogen-bond acceptors (Lipinski definition) is 1. The maximum absolute atomic E-state index is 14.4. The molecule has 4 aromatic rings. The number of fused-ring (bicyclic) bond motifs is 1. The summed E-state index contributed by atoms with van der Waals surface area (Å²) >= 11 is 0. The molecule has 5 heteroatoms. The van der Waals surface area contributed by atoms with Crippen molar-refractivity contribution in [3.63, 3.8) is 0 Å². The first-order valence-corrected chi connectivity index (χ1v) is 9.58. The lowest BCUT2D eigenvalue weighted by atomic mass is 10.0. The van der Waals surface area contributed by atoms with Crippen LogP contribution in [0.5, 0.6) is 5.75 Å². The highest BCUT2D eigenvalue weighted by atomic mass is 19.2. The average molecular weight is 420 g/mol. The van der Waals surface area contributed by atoms with Crippen LogP contribution in [0.3, 0.4) is 0 Å². The van der Waals surface area contributed by atoms with Crippen molar-refractivity contribution >= 4 is 10.8 Å². The van der Waals surface area contributed by atoms with Crippen LogP contribution in [-0.2, 0) is 0 Å². The molecule has 0 aliphatic carbocycles. The second kappa shape index (κ2) is 8.53. The number of rotatable bonds is 3. The van der Waals surface area contributed by atoms with E-state index in [4.69, 9.17) is 4.74 Å². The topological polar surface area (TPSA) is 9.23 Å². The summed E-state index contributed by atoms with van der Waals surface area (Å²) in [5.74, 6) is 2.03. The summed E-state index contributed by atoms with van der Waals surface area (Å²) in [5.41, 5.74) is 2.37. The summed E-state index contributed by atoms with van der Waals surface area (Å²) in [4.78, 5) is 0. The Bertz CT molecular complexity index is 1330. The van der Waals surface area contributed by atoms with E-state index >= 15 is 0 Å². The highest BCUT2D eigenvalue weighted by molar-refractivity contribution is 5.84. The van der Waals surface area contributed by atoms with Gasteiger partial charge in [-0.2, -0.15) is 0 Å². The van der Waals surface area contributed by atoms with Gasteiger partial charge >= 0.3 is 0 Å². The van der Waals surface area contributed by atoms with Gasteiger partial charge in [-0.1, -0.05) is 30.0 Å². The predicted octanol–water partition coefficient (Wildman–Crippen LogP) is 6.86. The van der Waals surface area contributed by atoms with Crippen LogP contribution in [0.25, 0.3) is 21.9 Å². The minimum atomic E-state index is -1.49. The van der Waals surface area contributed by atoms with Crippen LogP contribution in [0, 0.1) is 35.1 Å². The zero-order chi connectivity index (χ0) is 22.0. The van der Waals surface area contributed by atoms with E-state index in [9.17, 15) is 17.6 Å². The number of benzene rings is 4. The monoisotopic (exact) mass is 420 g/mol. The number of halogens is 4. The average Bonchev–Trinajstić information content (AvgIpc) is 2.77. The third kappa shape index (κ3) is 4.24. The van der Waals surface area contributed by atoms with E-state index in [0.717, 1.165) is 6.07 Å². The Labute approximate surface area is 176 Å². The maximum Gasteiger partial charge on any atom is 0.195 e. The molecule has 31 heavy (non-hydrogen) atoms. The van der Waals surface area contributed by atoms with Gasteiger partial charge in [-0.15, -0.1) is 0 Å². The molecule has 0 spiro atoms. The fourth-order valence-electron chi connectivity index (χ4n) is 3.25. The molecule has 0 radical (unpaired) electrons. The summed E-state index contributed by atoms with van der Waals surface area (Å²) < 4.78 is 60.3. The number of hydrogen-bond donors (Lipinski definition) is 0. The van der Waals surface area contributed by atoms with E-state index in [0.29, 0.717) is 34.6 Å². The molecule has 4 rings (SSSR count). The zero-order valence-electron chi connectivity index (χ0n) is 16.5. The van der Waals surface area contributed by atoms with Crippen molar-refractivity contribution in [2.45, 2.75) is 6.92 Å². The van der Waals surface area contributed by atoms with Crippen molar-refractivity contribution in [2.24, 2.45) is 0 Å². The van der Waals surface area contributed by atoms with Gasteiger partial charge in [-0.3, -0.25) is 0 Å². The highest BCUT2D eigenvalue weighted by Gasteiger charge is 2.13. The van der Waals surface area contributed by atoms with E-state index in [1.165, 1.54) is 18.2 Å². The lowest BCUT2D eigenvalue weighted by molar-refractivity contribution is 0.338. The first-order valence-electron chi connectivity index (χ1n) is 9.58. The standard InChI is InChI=1S/C26H16F4O/c1-2-31-20-10-12-21(23(27)15-20)18-8-5-16(6-9-18)3-4-17-7-11-22-19(13-17)14-24(28)26(30)25(22)29/h5-15H,2H2,1H3. The van der Waals surface area contributed by atoms with E-state index in [-0.39, 0.29) is 16.6 Å². The molecule has 0 saturated heterocycles. The van der Waals surface area contributed by atoms with Gasteiger partial charge in [0.05, 0.1) is 6.61 Å². The van der Waals surface area contributed by atoms with Gasteiger partial charge < -0.3 is 4.74 Å². The molecule has 0 saturated carbocycles. The molecular formula is C26H16F4O. The van der Waals surface area contributed by atoms with Crippen molar-refractivity contribution in [2.75, 3.05) is 6.61 Å². The van der Waals surface area contributed by atoms with Crippen molar-refractivity contribution in [3.8, 4) is 28.7 Å². The van der Waals surface area contributed by atoms with Crippen molar-refractivity contribution in [1.29, 1.82) is 0 Å². The molecule has 0 heterocycles. The third-order valence-corrected chi connectivity index (χ3v) is 4.77. The highest BCUT2D eigenvalue weighted by Crippen LogP contribution is 2.27. The molecule has 4 aromatic carbocycles. The van der Waals surface area contributed by atoms with Crippen LogP contribution in [-0.4, -0.2) is 6.61 Å². The third-order valence-electron chi connectivity index (χ3n) is 4.77. The fourth-order valence-corrected chi connectivity index (χ4v) is 3.25. The van der Waals surface area contributed by atoms with Gasteiger partial charge in [-0.05, 0) is 60.3 Å². The molecule has 0 fully saturated rings. The van der Waals surface area contributed by atoms with Crippen LogP contribution >= 0.6 is 0 Å². The zero-order valence-corrected chi connectivity index (χ0v) is 16.5. The maximum atomic E-state index is 14.4. The summed E-state index contributed by atoms with van der Waals surface area (Å²) in [5, 5.41) is 0.218. The SMILES string of the molecule is CCOc1ccc(-c2ccc(C#Cc3ccc4c(F)c(F)c(F)cc4c3)cc2)c(F)c1. The van der Waals surface area contributed by atoms with Crippen LogP contribution in [0.1, 0.15) is 18.1 Å². The summed E-state index contributed by atoms with van der Waals surface area (Å²) in [6.45, 7) is 2.30. The lowest BCUT2D eigenvalue weighted by Gasteiger charge is -2.07. The quantitative estimate of drug-likeness (QED) is 0.200. The second-order valence-corrected chi connectivity index (χ2v) is 6.82. The van der Waals surface area contributed by atoms with Gasteiger partial charge in [0.1, 0.15) is 11.6 Å². The fraction of sp³-hybridized carbons (Fsp3) is 0.0769. The molecular weight excluding hydrogens is 404 g/mol. The van der Waals surface area contributed by atoms with Crippen molar-refractivity contribution < 1.29 is 22.3 Å². The Morgan fingerprint density at radius 3 is 2.13 bits per heavy atom. The molecule has 0 bridgehead atoms. The van der Waals surface area contributed by atoms with Crippen LogP contribution in [0.4, 0.5) is 17.6 Å². The van der Waals surface area contributed by atoms with Crippen LogP contribution < -0.4 is 4.74 Å². The predicted molar refractivity (Wildman–Crippen MR) is 113 cm³/mol. The molecule has 0 unspecified atom stereocenters. The van der Waals surface area contributed by atoms with Crippen LogP contribution in [0.15, 0.2) is 66.7 Å². The summed E-state index contributed by atoms with van der Waals surface area (Å²) in [6, 6.07) is 17.1. The van der Waals surface area contributed by atoms with E-state index in [1.54, 1.807) is 42.5 Å². The van der Waals surface area contributed by atoms with Gasteiger partial charge in [0.2, 0.25) is 0 Å². The van der Waals surface area contributed by atoms with Crippen molar-refractivity contribution in [3.05, 3.63) is 101 Å². The molecule has 154 valence electrons. The minimum Gasteiger partial charge on any atom is -0.494 e. The van der Waals surface area contributed by atoms with Gasteiger partial charge in [-0.25, -0.2) is 17.6 Å². The normalized spacial score (nSPS) is 10.6. The molecule has 0 N–H and O–H groups in total. The van der Waals surface area contributed by atoms with Gasteiger partial charge in [0.15, 0.2) is 17.5 Å². The molecule has 0 aliphatic rings. The Morgan fingerprint density at radius 1 is 0.710 bits per heavy atom. The Kier molecular flexibility index (Phi) is 5.64. The molecule has 1 nitrogen and oxygen atoms in total. The minimum absolute atomic E-state index is 0.00816. The first-order chi connectivity index (χ1) is 15.0. The van der Waals surface area contributed by atoms with Gasteiger partial charge in [0, 0.05) is 28.1 Å². The number of ether oxygens (including phenoxy) is 1. The summed E-state index contributed by atoms with van der Waals surface area (Å²) in [7, 11) is 0. The van der Waals surface area contributed by atoms with Crippen LogP contribution in [0.2, 0.25) is 0 Å². The van der Waals surface area contributed by atoms with E-state index in [1.807, 2.05) is 6.92 Å². The Hall–Kier alpha value is -3.78. The molecule has 0 aliphatic heterocycles. The molecule has 0 amide bonds. The van der Waals surface area contributed by atoms with E-state index < -0.39 is 17.5 Å². The molecule has 0 atom stereocenters. The second-order valence-electron chi connectivity index (χ2n) is 6.82. The lowest BCUT2D eigenvalue weighted by Crippen LogP contribution is -1.93. The smallest absolute Gasteiger partial charge is 0.195 e. The molecule has 0 aromatic heterocycles. The largest absolute Gasteiger partial charge is 0.494 e. The van der Waals surface area contributed by atoms with Crippen molar-refractivity contribution in [1.82, 2.24) is 0 Å².